The number of anilines is 1. The van der Waals surface area contributed by atoms with Crippen molar-refractivity contribution in [2.24, 2.45) is 0 Å². The van der Waals surface area contributed by atoms with Crippen molar-refractivity contribution >= 4 is 44.6 Å². The van der Waals surface area contributed by atoms with Crippen molar-refractivity contribution in [2.45, 2.75) is 4.21 Å². The highest BCUT2D eigenvalue weighted by atomic mass is 35.5. The van der Waals surface area contributed by atoms with Crippen LogP contribution in [-0.2, 0) is 14.8 Å². The predicted molar refractivity (Wildman–Crippen MR) is 77.9 cm³/mol. The van der Waals surface area contributed by atoms with E-state index in [9.17, 15) is 13.2 Å². The number of carboxylic acid groups (broad SMARTS) is 1. The third-order valence-electron chi connectivity index (χ3n) is 2.41. The molecular formula is C12H10ClNO4S2. The molecule has 106 valence electrons. The molecule has 0 atom stereocenters. The van der Waals surface area contributed by atoms with Crippen molar-refractivity contribution in [1.29, 1.82) is 0 Å². The number of nitrogens with zero attached hydrogens (tertiary/aromatic N) is 1. The zero-order chi connectivity index (χ0) is 14.8. The van der Waals surface area contributed by atoms with Crippen LogP contribution in [0.4, 0.5) is 5.69 Å². The standard InChI is InChI=1S/C12H10ClNO4S2/c13-9-3-1-4-10(7-9)14(8-11(15)16)20(17,18)12-5-2-6-19-12/h1-7H,8H2,(H,15,16). The summed E-state index contributed by atoms with van der Waals surface area (Å²) < 4.78 is 25.8. The Bertz CT molecular complexity index is 713. The molecular weight excluding hydrogens is 322 g/mol. The van der Waals surface area contributed by atoms with E-state index in [-0.39, 0.29) is 9.90 Å². The van der Waals surface area contributed by atoms with Crippen molar-refractivity contribution in [3.8, 4) is 0 Å². The maximum Gasteiger partial charge on any atom is 0.324 e. The maximum absolute atomic E-state index is 12.5. The summed E-state index contributed by atoms with van der Waals surface area (Å²) in [6, 6.07) is 9.09. The van der Waals surface area contributed by atoms with E-state index < -0.39 is 22.5 Å². The quantitative estimate of drug-likeness (QED) is 0.914. The molecule has 1 aromatic carbocycles. The molecule has 0 amide bonds. The third kappa shape index (κ3) is 3.12. The highest BCUT2D eigenvalue weighted by molar-refractivity contribution is 7.94. The van der Waals surface area contributed by atoms with Crippen LogP contribution in [0.3, 0.4) is 0 Å². The maximum atomic E-state index is 12.5. The molecule has 0 saturated heterocycles. The highest BCUT2D eigenvalue weighted by Gasteiger charge is 2.27. The Kier molecular flexibility index (Phi) is 4.32. The molecule has 1 aromatic heterocycles. The molecule has 0 bridgehead atoms. The number of benzene rings is 1. The van der Waals surface area contributed by atoms with Gasteiger partial charge >= 0.3 is 5.97 Å². The fourth-order valence-electron chi connectivity index (χ4n) is 1.59. The summed E-state index contributed by atoms with van der Waals surface area (Å²) in [6.45, 7) is -0.666. The number of rotatable bonds is 5. The summed E-state index contributed by atoms with van der Waals surface area (Å²) >= 11 is 6.86. The largest absolute Gasteiger partial charge is 0.480 e. The molecule has 0 spiro atoms. The topological polar surface area (TPSA) is 74.7 Å². The fourth-order valence-corrected chi connectivity index (χ4v) is 4.28. The van der Waals surface area contributed by atoms with E-state index in [0.29, 0.717) is 5.02 Å². The minimum absolute atomic E-state index is 0.0822. The number of aliphatic carboxylic acids is 1. The lowest BCUT2D eigenvalue weighted by Gasteiger charge is -2.21. The van der Waals surface area contributed by atoms with E-state index in [0.717, 1.165) is 15.6 Å². The van der Waals surface area contributed by atoms with Gasteiger partial charge in [0, 0.05) is 5.02 Å². The average Bonchev–Trinajstić information content (AvgIpc) is 2.90. The Morgan fingerprint density at radius 1 is 1.30 bits per heavy atom. The third-order valence-corrected chi connectivity index (χ3v) is 5.80. The predicted octanol–water partition coefficient (Wildman–Crippen LogP) is 2.68. The van der Waals surface area contributed by atoms with Gasteiger partial charge in [0.1, 0.15) is 10.8 Å². The Hall–Kier alpha value is -1.57. The Morgan fingerprint density at radius 3 is 2.60 bits per heavy atom. The first-order valence-electron chi connectivity index (χ1n) is 5.45. The van der Waals surface area contributed by atoms with Crippen LogP contribution in [0.2, 0.25) is 5.02 Å². The molecule has 0 fully saturated rings. The Balaban J connectivity index is 2.51. The fraction of sp³-hybridized carbons (Fsp3) is 0.0833. The lowest BCUT2D eigenvalue weighted by atomic mass is 10.3. The van der Waals surface area contributed by atoms with Crippen LogP contribution < -0.4 is 4.31 Å². The van der Waals surface area contributed by atoms with Gasteiger partial charge in [0.15, 0.2) is 0 Å². The number of carboxylic acids is 1. The molecule has 0 unspecified atom stereocenters. The summed E-state index contributed by atoms with van der Waals surface area (Å²) in [5.74, 6) is -1.25. The second-order valence-corrected chi connectivity index (χ2v) is 7.29. The van der Waals surface area contributed by atoms with Gasteiger partial charge in [-0.3, -0.25) is 9.10 Å². The van der Waals surface area contributed by atoms with Gasteiger partial charge in [-0.1, -0.05) is 23.7 Å². The molecule has 8 heteroatoms. The molecule has 20 heavy (non-hydrogen) atoms. The number of halogens is 1. The first-order valence-corrected chi connectivity index (χ1v) is 8.14. The zero-order valence-corrected chi connectivity index (χ0v) is 12.5. The van der Waals surface area contributed by atoms with E-state index in [1.807, 2.05) is 0 Å². The van der Waals surface area contributed by atoms with Crippen LogP contribution in [0, 0.1) is 0 Å². The SMILES string of the molecule is O=C(O)CN(c1cccc(Cl)c1)S(=O)(=O)c1cccs1. The smallest absolute Gasteiger partial charge is 0.324 e. The van der Waals surface area contributed by atoms with Crippen LogP contribution in [-0.4, -0.2) is 26.0 Å². The van der Waals surface area contributed by atoms with Gasteiger partial charge in [0.2, 0.25) is 0 Å². The number of thiophene rings is 1. The van der Waals surface area contributed by atoms with Crippen LogP contribution in [0.1, 0.15) is 0 Å². The van der Waals surface area contributed by atoms with Gasteiger partial charge < -0.3 is 5.11 Å². The van der Waals surface area contributed by atoms with Gasteiger partial charge in [0.05, 0.1) is 5.69 Å². The first-order chi connectivity index (χ1) is 9.41. The minimum atomic E-state index is -3.91. The van der Waals surface area contributed by atoms with E-state index in [1.54, 1.807) is 23.6 Å². The zero-order valence-electron chi connectivity index (χ0n) is 10.1. The molecule has 0 aliphatic rings. The van der Waals surface area contributed by atoms with E-state index in [4.69, 9.17) is 16.7 Å². The van der Waals surface area contributed by atoms with E-state index in [2.05, 4.69) is 0 Å². The summed E-state index contributed by atoms with van der Waals surface area (Å²) in [5.41, 5.74) is 0.216. The molecule has 0 saturated carbocycles. The molecule has 1 heterocycles. The van der Waals surface area contributed by atoms with Gasteiger partial charge in [-0.05, 0) is 29.6 Å². The molecule has 1 N–H and O–H groups in total. The summed E-state index contributed by atoms with van der Waals surface area (Å²) in [7, 11) is -3.91. The molecule has 5 nitrogen and oxygen atoms in total. The molecule has 2 aromatic rings. The van der Waals surface area contributed by atoms with Crippen LogP contribution in [0.5, 0.6) is 0 Å². The van der Waals surface area contributed by atoms with Gasteiger partial charge in [-0.25, -0.2) is 8.42 Å². The van der Waals surface area contributed by atoms with Crippen molar-refractivity contribution in [3.05, 3.63) is 46.8 Å². The van der Waals surface area contributed by atoms with Crippen LogP contribution >= 0.6 is 22.9 Å². The van der Waals surface area contributed by atoms with Crippen molar-refractivity contribution in [3.63, 3.8) is 0 Å². The van der Waals surface area contributed by atoms with Crippen LogP contribution in [0.15, 0.2) is 46.0 Å². The van der Waals surface area contributed by atoms with Gasteiger partial charge in [-0.15, -0.1) is 11.3 Å². The van der Waals surface area contributed by atoms with Crippen molar-refractivity contribution in [2.75, 3.05) is 10.8 Å². The van der Waals surface area contributed by atoms with E-state index >= 15 is 0 Å². The first kappa shape index (κ1) is 14.8. The number of sulfonamides is 1. The second-order valence-electron chi connectivity index (χ2n) is 3.82. The minimum Gasteiger partial charge on any atom is -0.480 e. The monoisotopic (exact) mass is 331 g/mol. The molecule has 0 aliphatic carbocycles. The van der Waals surface area contributed by atoms with Crippen molar-refractivity contribution in [1.82, 2.24) is 0 Å². The molecule has 0 radical (unpaired) electrons. The summed E-state index contributed by atoms with van der Waals surface area (Å²) in [4.78, 5) is 10.9. The lowest BCUT2D eigenvalue weighted by molar-refractivity contribution is -0.135. The summed E-state index contributed by atoms with van der Waals surface area (Å²) in [6.07, 6.45) is 0. The average molecular weight is 332 g/mol. The highest BCUT2D eigenvalue weighted by Crippen LogP contribution is 2.27. The van der Waals surface area contributed by atoms with E-state index in [1.165, 1.54) is 18.2 Å². The van der Waals surface area contributed by atoms with Crippen molar-refractivity contribution < 1.29 is 18.3 Å². The number of carbonyl (C=O) groups is 1. The normalized spacial score (nSPS) is 11.2. The summed E-state index contributed by atoms with van der Waals surface area (Å²) in [5, 5.41) is 10.9. The Labute approximate surface area is 125 Å². The van der Waals surface area contributed by atoms with Gasteiger partial charge in [0.25, 0.3) is 10.0 Å². The second kappa shape index (κ2) is 5.82. The lowest BCUT2D eigenvalue weighted by Crippen LogP contribution is -2.35. The Morgan fingerprint density at radius 2 is 2.05 bits per heavy atom. The van der Waals surface area contributed by atoms with Gasteiger partial charge in [-0.2, -0.15) is 0 Å². The number of hydrogen-bond donors (Lipinski definition) is 1. The molecule has 2 rings (SSSR count). The number of hydrogen-bond acceptors (Lipinski definition) is 4. The molecule has 0 aliphatic heterocycles. The van der Waals surface area contributed by atoms with Crippen LogP contribution in [0.25, 0.3) is 0 Å².